The van der Waals surface area contributed by atoms with E-state index in [0.717, 1.165) is 28.4 Å². The van der Waals surface area contributed by atoms with Crippen LogP contribution in [0.15, 0.2) is 52.2 Å². The molecule has 0 saturated carbocycles. The molecular formula is C20H23BrN2O3. The molecule has 1 aliphatic heterocycles. The molecule has 0 spiro atoms. The monoisotopic (exact) mass is 418 g/mol. The van der Waals surface area contributed by atoms with Gasteiger partial charge in [0, 0.05) is 4.47 Å². The van der Waals surface area contributed by atoms with Crippen molar-refractivity contribution in [3.63, 3.8) is 0 Å². The highest BCUT2D eigenvalue weighted by Gasteiger charge is 2.41. The second-order valence-corrected chi connectivity index (χ2v) is 7.95. The minimum atomic E-state index is -0.253. The first-order valence-corrected chi connectivity index (χ1v) is 9.42. The summed E-state index contributed by atoms with van der Waals surface area (Å²) in [6.45, 7) is 4.53. The minimum absolute atomic E-state index is 0.0816. The molecule has 1 aliphatic rings. The second-order valence-electron chi connectivity index (χ2n) is 7.09. The lowest BCUT2D eigenvalue weighted by molar-refractivity contribution is 0.131. The van der Waals surface area contributed by atoms with Gasteiger partial charge in [0.25, 0.3) is 0 Å². The highest BCUT2D eigenvalue weighted by atomic mass is 79.9. The highest BCUT2D eigenvalue weighted by Crippen LogP contribution is 2.47. The fraction of sp³-hybridized carbons (Fsp3) is 0.400. The zero-order valence-corrected chi connectivity index (χ0v) is 16.8. The third-order valence-corrected chi connectivity index (χ3v) is 5.60. The van der Waals surface area contributed by atoms with E-state index in [1.54, 1.807) is 12.1 Å². The quantitative estimate of drug-likeness (QED) is 0.569. The maximum absolute atomic E-state index is 11.4. The van der Waals surface area contributed by atoms with Crippen molar-refractivity contribution in [3.05, 3.63) is 63.0 Å². The molecule has 26 heavy (non-hydrogen) atoms. The number of hydrogen-bond donors (Lipinski definition) is 0. The van der Waals surface area contributed by atoms with E-state index in [1.807, 2.05) is 56.3 Å². The molecule has 0 aliphatic carbocycles. The predicted molar refractivity (Wildman–Crippen MR) is 105 cm³/mol. The number of nitroso groups, excluding NO2 is 1. The fourth-order valence-electron chi connectivity index (χ4n) is 3.42. The Hall–Kier alpha value is -2.08. The van der Waals surface area contributed by atoms with Gasteiger partial charge in [-0.25, -0.2) is 5.01 Å². The molecule has 0 unspecified atom stereocenters. The number of hydrogen-bond acceptors (Lipinski definition) is 4. The van der Waals surface area contributed by atoms with Gasteiger partial charge in [-0.05, 0) is 49.9 Å². The average molecular weight is 419 g/mol. The molecule has 3 rings (SSSR count). The Kier molecular flexibility index (Phi) is 5.51. The van der Waals surface area contributed by atoms with Crippen LogP contribution < -0.4 is 9.47 Å². The van der Waals surface area contributed by atoms with Crippen molar-refractivity contribution >= 4 is 15.9 Å². The molecule has 138 valence electrons. The van der Waals surface area contributed by atoms with Crippen molar-refractivity contribution in [2.45, 2.75) is 44.9 Å². The summed E-state index contributed by atoms with van der Waals surface area (Å²) < 4.78 is 12.4. The maximum atomic E-state index is 11.4. The van der Waals surface area contributed by atoms with Crippen LogP contribution >= 0.6 is 15.9 Å². The Morgan fingerprint density at radius 3 is 2.62 bits per heavy atom. The van der Waals surface area contributed by atoms with Crippen molar-refractivity contribution in [3.8, 4) is 11.5 Å². The van der Waals surface area contributed by atoms with Crippen molar-refractivity contribution in [1.29, 1.82) is 0 Å². The summed E-state index contributed by atoms with van der Waals surface area (Å²) in [6, 6.07) is 13.7. The highest BCUT2D eigenvalue weighted by molar-refractivity contribution is 9.10. The van der Waals surface area contributed by atoms with Gasteiger partial charge in [-0.1, -0.05) is 46.3 Å². The Morgan fingerprint density at radius 1 is 1.23 bits per heavy atom. The number of methoxy groups -OCH3 is 1. The summed E-state index contributed by atoms with van der Waals surface area (Å²) in [6.07, 6.45) is 1.77. The SMILES string of the molecule is COc1cc(Br)c([C@@H]2CCC(C)(C)N2N=O)cc1OCc1ccccc1. The lowest BCUT2D eigenvalue weighted by Crippen LogP contribution is -2.35. The Labute approximate surface area is 162 Å². The van der Waals surface area contributed by atoms with Crippen LogP contribution in [0.4, 0.5) is 0 Å². The maximum Gasteiger partial charge on any atom is 0.162 e. The van der Waals surface area contributed by atoms with E-state index >= 15 is 0 Å². The van der Waals surface area contributed by atoms with Crippen LogP contribution in [0.3, 0.4) is 0 Å². The summed E-state index contributed by atoms with van der Waals surface area (Å²) in [5.74, 6) is 1.31. The molecule has 2 aromatic rings. The van der Waals surface area contributed by atoms with E-state index < -0.39 is 0 Å². The van der Waals surface area contributed by atoms with Gasteiger partial charge in [-0.15, -0.1) is 4.91 Å². The topological polar surface area (TPSA) is 51.1 Å². The zero-order valence-electron chi connectivity index (χ0n) is 15.2. The Bertz CT molecular complexity index is 780. The Balaban J connectivity index is 1.90. The van der Waals surface area contributed by atoms with Gasteiger partial charge in [-0.3, -0.25) is 0 Å². The molecule has 5 nitrogen and oxygen atoms in total. The molecule has 1 atom stereocenters. The molecule has 0 N–H and O–H groups in total. The molecule has 0 radical (unpaired) electrons. The van der Waals surface area contributed by atoms with Gasteiger partial charge in [0.1, 0.15) is 6.61 Å². The van der Waals surface area contributed by atoms with Crippen LogP contribution in [0.2, 0.25) is 0 Å². The van der Waals surface area contributed by atoms with Crippen molar-refractivity contribution < 1.29 is 9.47 Å². The van der Waals surface area contributed by atoms with E-state index in [4.69, 9.17) is 9.47 Å². The van der Waals surface area contributed by atoms with Gasteiger partial charge in [0.2, 0.25) is 0 Å². The molecule has 2 aromatic carbocycles. The van der Waals surface area contributed by atoms with Crippen LogP contribution in [0.25, 0.3) is 0 Å². The van der Waals surface area contributed by atoms with Crippen LogP contribution in [-0.2, 0) is 6.61 Å². The van der Waals surface area contributed by atoms with E-state index in [0.29, 0.717) is 18.1 Å². The second kappa shape index (κ2) is 7.66. The molecule has 1 saturated heterocycles. The van der Waals surface area contributed by atoms with E-state index in [2.05, 4.69) is 21.2 Å². The van der Waals surface area contributed by atoms with Crippen LogP contribution in [0, 0.1) is 4.91 Å². The fourth-order valence-corrected chi connectivity index (χ4v) is 4.00. The van der Waals surface area contributed by atoms with E-state index in [9.17, 15) is 4.91 Å². The molecule has 1 fully saturated rings. The van der Waals surface area contributed by atoms with Crippen LogP contribution in [0.5, 0.6) is 11.5 Å². The first-order valence-electron chi connectivity index (χ1n) is 8.63. The lowest BCUT2D eigenvalue weighted by atomic mass is 10.0. The normalized spacial score (nSPS) is 18.6. The van der Waals surface area contributed by atoms with E-state index in [1.165, 1.54) is 0 Å². The summed E-state index contributed by atoms with van der Waals surface area (Å²) >= 11 is 3.62. The van der Waals surface area contributed by atoms with Crippen LogP contribution in [0.1, 0.15) is 43.9 Å². The smallest absolute Gasteiger partial charge is 0.162 e. The summed E-state index contributed by atoms with van der Waals surface area (Å²) in [7, 11) is 1.62. The molecule has 1 heterocycles. The average Bonchev–Trinajstić information content (AvgIpc) is 2.95. The van der Waals surface area contributed by atoms with Crippen molar-refractivity contribution in [2.75, 3.05) is 7.11 Å². The molecule has 6 heteroatoms. The van der Waals surface area contributed by atoms with Gasteiger partial charge < -0.3 is 9.47 Å². The van der Waals surface area contributed by atoms with Crippen molar-refractivity contribution in [2.24, 2.45) is 5.29 Å². The number of benzene rings is 2. The standard InChI is InChI=1S/C20H23BrN2O3/c1-20(2)10-9-17(23(20)22-24)15-11-19(18(25-3)12-16(15)21)26-13-14-7-5-4-6-8-14/h4-8,11-12,17H,9-10,13H2,1-3H3/t17-/m0/s1. The third-order valence-electron chi connectivity index (χ3n) is 4.91. The zero-order chi connectivity index (χ0) is 18.7. The number of ether oxygens (including phenoxy) is 2. The predicted octanol–water partition coefficient (Wildman–Crippen LogP) is 5.63. The first-order chi connectivity index (χ1) is 12.5. The number of rotatable bonds is 6. The Morgan fingerprint density at radius 2 is 1.96 bits per heavy atom. The summed E-state index contributed by atoms with van der Waals surface area (Å²) in [5.41, 5.74) is 1.81. The molecular weight excluding hydrogens is 396 g/mol. The van der Waals surface area contributed by atoms with Gasteiger partial charge >= 0.3 is 0 Å². The minimum Gasteiger partial charge on any atom is -0.493 e. The molecule has 0 aromatic heterocycles. The summed E-state index contributed by atoms with van der Waals surface area (Å²) in [4.78, 5) is 11.4. The van der Waals surface area contributed by atoms with Gasteiger partial charge in [0.15, 0.2) is 11.5 Å². The van der Waals surface area contributed by atoms with E-state index in [-0.39, 0.29) is 11.6 Å². The lowest BCUT2D eigenvalue weighted by Gasteiger charge is -2.30. The first kappa shape index (κ1) is 18.7. The van der Waals surface area contributed by atoms with Crippen LogP contribution in [-0.4, -0.2) is 17.7 Å². The third kappa shape index (κ3) is 3.70. The number of nitrogens with zero attached hydrogens (tertiary/aromatic N) is 2. The largest absolute Gasteiger partial charge is 0.493 e. The van der Waals surface area contributed by atoms with Gasteiger partial charge in [-0.2, -0.15) is 0 Å². The molecule has 0 bridgehead atoms. The summed E-state index contributed by atoms with van der Waals surface area (Å²) in [5, 5.41) is 4.95. The number of halogens is 1. The van der Waals surface area contributed by atoms with Gasteiger partial charge in [0.05, 0.1) is 24.0 Å². The molecule has 0 amide bonds. The van der Waals surface area contributed by atoms with Crippen molar-refractivity contribution in [1.82, 2.24) is 5.01 Å².